The van der Waals surface area contributed by atoms with E-state index in [1.165, 1.54) is 5.56 Å². The first-order chi connectivity index (χ1) is 6.75. The molecule has 2 rings (SSSR count). The highest BCUT2D eigenvalue weighted by Crippen LogP contribution is 2.16. The average molecular weight is 256 g/mol. The van der Waals surface area contributed by atoms with Gasteiger partial charge < -0.3 is 10.4 Å². The maximum absolute atomic E-state index is 9.65. The van der Waals surface area contributed by atoms with E-state index in [-0.39, 0.29) is 12.1 Å². The third-order valence-corrected chi connectivity index (χ3v) is 3.15. The largest absolute Gasteiger partial charge is 0.391 e. The minimum Gasteiger partial charge on any atom is -0.391 e. The highest BCUT2D eigenvalue weighted by molar-refractivity contribution is 9.10. The van der Waals surface area contributed by atoms with E-state index in [9.17, 15) is 5.11 Å². The Morgan fingerprint density at radius 1 is 1.50 bits per heavy atom. The molecular weight excluding hydrogens is 242 g/mol. The second-order valence-corrected chi connectivity index (χ2v) is 4.67. The second kappa shape index (κ2) is 4.43. The lowest BCUT2D eigenvalue weighted by Gasteiger charge is -2.14. The van der Waals surface area contributed by atoms with Gasteiger partial charge in [-0.3, -0.25) is 0 Å². The lowest BCUT2D eigenvalue weighted by atomic mass is 10.0. The van der Waals surface area contributed by atoms with Gasteiger partial charge in [0.05, 0.1) is 6.10 Å². The number of nitrogens with one attached hydrogen (secondary N) is 1. The molecule has 1 aromatic carbocycles. The zero-order chi connectivity index (χ0) is 9.97. The number of hydrogen-bond acceptors (Lipinski definition) is 2. The first-order valence-electron chi connectivity index (χ1n) is 4.91. The fraction of sp³-hybridized carbons (Fsp3) is 0.455. The van der Waals surface area contributed by atoms with Gasteiger partial charge in [0.25, 0.3) is 0 Å². The number of hydrogen-bond donors (Lipinski definition) is 2. The zero-order valence-electron chi connectivity index (χ0n) is 7.91. The quantitative estimate of drug-likeness (QED) is 0.844. The molecule has 1 heterocycles. The highest BCUT2D eigenvalue weighted by atomic mass is 79.9. The Hall–Kier alpha value is -0.380. The van der Waals surface area contributed by atoms with Gasteiger partial charge in [0.15, 0.2) is 0 Å². The molecule has 0 aliphatic carbocycles. The van der Waals surface area contributed by atoms with E-state index in [1.807, 2.05) is 12.1 Å². The summed E-state index contributed by atoms with van der Waals surface area (Å²) in [6.07, 6.45) is 1.59. The van der Waals surface area contributed by atoms with Crippen LogP contribution in [0.4, 0.5) is 0 Å². The van der Waals surface area contributed by atoms with Crippen molar-refractivity contribution in [3.63, 3.8) is 0 Å². The van der Waals surface area contributed by atoms with Crippen LogP contribution >= 0.6 is 15.9 Å². The van der Waals surface area contributed by atoms with Crippen LogP contribution in [0.2, 0.25) is 0 Å². The Morgan fingerprint density at radius 3 is 3.00 bits per heavy atom. The van der Waals surface area contributed by atoms with Crippen LogP contribution in [0, 0.1) is 0 Å². The Labute approximate surface area is 92.5 Å². The molecule has 0 bridgehead atoms. The Bertz CT molecular complexity index is 316. The minimum atomic E-state index is -0.186. The molecule has 1 aliphatic heterocycles. The van der Waals surface area contributed by atoms with Gasteiger partial charge in [-0.1, -0.05) is 28.1 Å². The van der Waals surface area contributed by atoms with Crippen LogP contribution < -0.4 is 5.32 Å². The van der Waals surface area contributed by atoms with Crippen LogP contribution in [0.25, 0.3) is 0 Å². The highest BCUT2D eigenvalue weighted by Gasteiger charge is 2.24. The molecule has 0 amide bonds. The molecule has 1 aromatic rings. The van der Waals surface area contributed by atoms with Gasteiger partial charge in [0, 0.05) is 10.5 Å². The van der Waals surface area contributed by atoms with Crippen LogP contribution in [0.5, 0.6) is 0 Å². The van der Waals surface area contributed by atoms with Gasteiger partial charge in [0.1, 0.15) is 0 Å². The summed E-state index contributed by atoms with van der Waals surface area (Å²) >= 11 is 3.44. The molecule has 2 nitrogen and oxygen atoms in total. The first-order valence-corrected chi connectivity index (χ1v) is 5.71. The van der Waals surface area contributed by atoms with Crippen molar-refractivity contribution in [1.82, 2.24) is 5.32 Å². The van der Waals surface area contributed by atoms with Crippen molar-refractivity contribution < 1.29 is 5.11 Å². The summed E-state index contributed by atoms with van der Waals surface area (Å²) in [4.78, 5) is 0. The number of benzene rings is 1. The SMILES string of the molecule is OC1CCNC1Cc1cccc(Br)c1. The predicted molar refractivity (Wildman–Crippen MR) is 60.3 cm³/mol. The lowest BCUT2D eigenvalue weighted by molar-refractivity contribution is 0.159. The summed E-state index contributed by atoms with van der Waals surface area (Å²) in [5.41, 5.74) is 1.26. The molecule has 14 heavy (non-hydrogen) atoms. The van der Waals surface area contributed by atoms with Gasteiger partial charge in [-0.2, -0.15) is 0 Å². The van der Waals surface area contributed by atoms with Gasteiger partial charge in [-0.15, -0.1) is 0 Å². The molecule has 0 spiro atoms. The Morgan fingerprint density at radius 2 is 2.36 bits per heavy atom. The molecule has 1 saturated heterocycles. The fourth-order valence-corrected chi connectivity index (χ4v) is 2.33. The minimum absolute atomic E-state index is 0.186. The summed E-state index contributed by atoms with van der Waals surface area (Å²) < 4.78 is 1.10. The summed E-state index contributed by atoms with van der Waals surface area (Å²) in [5.74, 6) is 0. The molecular formula is C11H14BrNO. The average Bonchev–Trinajstić information content (AvgIpc) is 2.52. The number of aliphatic hydroxyl groups is 1. The van der Waals surface area contributed by atoms with Crippen molar-refractivity contribution in [2.75, 3.05) is 6.54 Å². The molecule has 1 aliphatic rings. The van der Waals surface area contributed by atoms with Crippen LogP contribution in [-0.2, 0) is 6.42 Å². The summed E-state index contributed by atoms with van der Waals surface area (Å²) in [6.45, 7) is 0.930. The van der Waals surface area contributed by atoms with Gasteiger partial charge in [-0.05, 0) is 37.1 Å². The lowest BCUT2D eigenvalue weighted by Crippen LogP contribution is -2.32. The van der Waals surface area contributed by atoms with Gasteiger partial charge in [-0.25, -0.2) is 0 Å². The van der Waals surface area contributed by atoms with Crippen molar-refractivity contribution in [2.24, 2.45) is 0 Å². The standard InChI is InChI=1S/C11H14BrNO/c12-9-3-1-2-8(6-9)7-10-11(14)4-5-13-10/h1-3,6,10-11,13-14H,4-5,7H2. The molecule has 0 saturated carbocycles. The number of rotatable bonds is 2. The number of halogens is 1. The third-order valence-electron chi connectivity index (χ3n) is 2.66. The van der Waals surface area contributed by atoms with Crippen molar-refractivity contribution in [3.05, 3.63) is 34.3 Å². The summed E-state index contributed by atoms with van der Waals surface area (Å²) in [6, 6.07) is 8.47. The fourth-order valence-electron chi connectivity index (χ4n) is 1.88. The van der Waals surface area contributed by atoms with Crippen molar-refractivity contribution in [1.29, 1.82) is 0 Å². The number of aliphatic hydroxyl groups excluding tert-OH is 1. The van der Waals surface area contributed by atoms with E-state index in [1.54, 1.807) is 0 Å². The third kappa shape index (κ3) is 2.35. The summed E-state index contributed by atoms with van der Waals surface area (Å²) in [7, 11) is 0. The molecule has 2 unspecified atom stereocenters. The van der Waals surface area contributed by atoms with E-state index < -0.39 is 0 Å². The monoisotopic (exact) mass is 255 g/mol. The van der Waals surface area contributed by atoms with Crippen molar-refractivity contribution >= 4 is 15.9 Å². The molecule has 3 heteroatoms. The van der Waals surface area contributed by atoms with Crippen molar-refractivity contribution in [2.45, 2.75) is 25.0 Å². The molecule has 1 fully saturated rings. The van der Waals surface area contributed by atoms with Crippen LogP contribution in [0.1, 0.15) is 12.0 Å². The molecule has 0 radical (unpaired) electrons. The van der Waals surface area contributed by atoms with Gasteiger partial charge in [0.2, 0.25) is 0 Å². The zero-order valence-corrected chi connectivity index (χ0v) is 9.50. The maximum atomic E-state index is 9.65. The summed E-state index contributed by atoms with van der Waals surface area (Å²) in [5, 5.41) is 13.0. The van der Waals surface area contributed by atoms with E-state index in [2.05, 4.69) is 33.4 Å². The van der Waals surface area contributed by atoms with E-state index in [0.717, 1.165) is 23.9 Å². The maximum Gasteiger partial charge on any atom is 0.0708 e. The van der Waals surface area contributed by atoms with Crippen LogP contribution in [0.3, 0.4) is 0 Å². The molecule has 2 N–H and O–H groups in total. The molecule has 2 atom stereocenters. The van der Waals surface area contributed by atoms with Crippen molar-refractivity contribution in [3.8, 4) is 0 Å². The van der Waals surface area contributed by atoms with Crippen LogP contribution in [-0.4, -0.2) is 23.8 Å². The van der Waals surface area contributed by atoms with E-state index in [0.29, 0.717) is 0 Å². The van der Waals surface area contributed by atoms with E-state index >= 15 is 0 Å². The van der Waals surface area contributed by atoms with E-state index in [4.69, 9.17) is 0 Å². The van der Waals surface area contributed by atoms with Crippen LogP contribution in [0.15, 0.2) is 28.7 Å². The smallest absolute Gasteiger partial charge is 0.0708 e. The van der Waals surface area contributed by atoms with Gasteiger partial charge >= 0.3 is 0 Å². The topological polar surface area (TPSA) is 32.3 Å². The normalized spacial score (nSPS) is 26.7. The molecule has 76 valence electrons. The second-order valence-electron chi connectivity index (χ2n) is 3.75. The first kappa shape index (κ1) is 10.1. The Balaban J connectivity index is 2.03. The Kier molecular flexibility index (Phi) is 3.21. The molecule has 0 aromatic heterocycles. The predicted octanol–water partition coefficient (Wildman–Crippen LogP) is 1.71.